The van der Waals surface area contributed by atoms with Gasteiger partial charge in [0.05, 0.1) is 11.1 Å². The predicted molar refractivity (Wildman–Crippen MR) is 237 cm³/mol. The van der Waals surface area contributed by atoms with Gasteiger partial charge in [0.25, 0.3) is 0 Å². The van der Waals surface area contributed by atoms with E-state index >= 15 is 0 Å². The number of anilines is 2. The number of hydrogen-bond donors (Lipinski definition) is 0. The Hall–Kier alpha value is -6.06. The highest BCUT2D eigenvalue weighted by Gasteiger charge is 2.49. The summed E-state index contributed by atoms with van der Waals surface area (Å²) in [6.07, 6.45) is 0. The second-order valence-electron chi connectivity index (χ2n) is 19.0. The average Bonchev–Trinajstić information content (AvgIpc) is 3.84. The Morgan fingerprint density at radius 3 is 1.96 bits per heavy atom. The zero-order valence-corrected chi connectivity index (χ0v) is 34.0. The zero-order valence-electron chi connectivity index (χ0n) is 34.0. The van der Waals surface area contributed by atoms with E-state index in [1.807, 2.05) is 0 Å². The first kappa shape index (κ1) is 34.2. The maximum Gasteiger partial charge on any atom is 0.139 e. The van der Waals surface area contributed by atoms with Gasteiger partial charge in [-0.05, 0) is 97.8 Å². The third kappa shape index (κ3) is 4.54. The molecule has 3 heterocycles. The van der Waals surface area contributed by atoms with E-state index in [0.717, 1.165) is 49.9 Å². The molecule has 3 heteroatoms. The predicted octanol–water partition coefficient (Wildman–Crippen LogP) is 14.8. The lowest BCUT2D eigenvalue weighted by Gasteiger charge is -2.49. The topological polar surface area (TPSA) is 29.5 Å². The van der Waals surface area contributed by atoms with Gasteiger partial charge in [-0.15, -0.1) is 0 Å². The monoisotopic (exact) mass is 741 g/mol. The molecule has 11 rings (SSSR count). The van der Waals surface area contributed by atoms with E-state index in [2.05, 4.69) is 200 Å². The zero-order chi connectivity index (χ0) is 39.2. The van der Waals surface area contributed by atoms with Gasteiger partial charge in [-0.1, -0.05) is 152 Å². The summed E-state index contributed by atoms with van der Waals surface area (Å²) < 4.78 is 13.6. The molecule has 1 unspecified atom stereocenters. The molecule has 1 aliphatic carbocycles. The normalized spacial score (nSPS) is 17.3. The van der Waals surface area contributed by atoms with E-state index in [1.54, 1.807) is 0 Å². The third-order valence-corrected chi connectivity index (χ3v) is 13.1. The molecule has 7 aromatic carbocycles. The summed E-state index contributed by atoms with van der Waals surface area (Å²) in [6.45, 7) is 18.5. The summed E-state index contributed by atoms with van der Waals surface area (Å²) in [5.41, 5.74) is 16.3. The fourth-order valence-electron chi connectivity index (χ4n) is 10.3. The van der Waals surface area contributed by atoms with Gasteiger partial charge in [0.2, 0.25) is 0 Å². The van der Waals surface area contributed by atoms with Crippen molar-refractivity contribution in [2.75, 3.05) is 4.90 Å². The van der Waals surface area contributed by atoms with E-state index in [0.29, 0.717) is 0 Å². The second kappa shape index (κ2) is 11.3. The van der Waals surface area contributed by atoms with Crippen LogP contribution in [0.2, 0.25) is 0 Å². The molecule has 0 bridgehead atoms. The fraction of sp³-hybridized carbons (Fsp3) is 0.222. The number of rotatable bonds is 3. The van der Waals surface area contributed by atoms with Crippen molar-refractivity contribution >= 4 is 55.3 Å². The molecule has 9 aromatic rings. The summed E-state index contributed by atoms with van der Waals surface area (Å²) in [4.78, 5) is 2.61. The van der Waals surface area contributed by atoms with Crippen LogP contribution in [0, 0.1) is 0 Å². The van der Waals surface area contributed by atoms with Crippen molar-refractivity contribution < 1.29 is 8.83 Å². The lowest BCUT2D eigenvalue weighted by molar-refractivity contribution is 0.559. The second-order valence-corrected chi connectivity index (χ2v) is 19.0. The van der Waals surface area contributed by atoms with Gasteiger partial charge >= 0.3 is 0 Å². The first-order valence-electron chi connectivity index (χ1n) is 20.3. The average molecular weight is 742 g/mol. The van der Waals surface area contributed by atoms with Crippen LogP contribution in [-0.2, 0) is 21.8 Å². The fourth-order valence-corrected chi connectivity index (χ4v) is 10.3. The SMILES string of the molecule is CC(C)(C)c1cc(C(C)(C)C)c2oc3ccc(N4c5cccc6oc7cccc(c7c56)C4(c4ccccc4)c4ccc5c(c4)C(C)(C)c4ccccc4-5)cc3c2c1. The first-order chi connectivity index (χ1) is 27.3. The molecule has 2 aliphatic rings. The lowest BCUT2D eigenvalue weighted by atomic mass is 9.70. The third-order valence-electron chi connectivity index (χ3n) is 13.1. The number of fused-ring (bicyclic) bond motifs is 6. The Morgan fingerprint density at radius 2 is 1.19 bits per heavy atom. The molecule has 57 heavy (non-hydrogen) atoms. The van der Waals surface area contributed by atoms with Crippen LogP contribution < -0.4 is 4.90 Å². The molecular formula is C54H47NO2. The van der Waals surface area contributed by atoms with Crippen LogP contribution in [0.5, 0.6) is 0 Å². The first-order valence-corrected chi connectivity index (χ1v) is 20.3. The van der Waals surface area contributed by atoms with E-state index in [1.165, 1.54) is 55.5 Å². The van der Waals surface area contributed by atoms with Gasteiger partial charge in [-0.25, -0.2) is 0 Å². The van der Waals surface area contributed by atoms with Crippen molar-refractivity contribution in [3.8, 4) is 11.1 Å². The van der Waals surface area contributed by atoms with Gasteiger partial charge < -0.3 is 13.7 Å². The van der Waals surface area contributed by atoms with Gasteiger partial charge in [0.15, 0.2) is 0 Å². The van der Waals surface area contributed by atoms with Gasteiger partial charge in [0.1, 0.15) is 27.9 Å². The summed E-state index contributed by atoms with van der Waals surface area (Å²) in [6, 6.07) is 52.0. The van der Waals surface area contributed by atoms with Crippen LogP contribution >= 0.6 is 0 Å². The molecule has 2 aromatic heterocycles. The van der Waals surface area contributed by atoms with Crippen LogP contribution in [0.3, 0.4) is 0 Å². The van der Waals surface area contributed by atoms with Crippen molar-refractivity contribution in [2.24, 2.45) is 0 Å². The number of nitrogens with zero attached hydrogens (tertiary/aromatic N) is 1. The Bertz CT molecular complexity index is 3130. The van der Waals surface area contributed by atoms with Crippen LogP contribution in [0.25, 0.3) is 55.0 Å². The van der Waals surface area contributed by atoms with Crippen LogP contribution in [0.1, 0.15) is 94.3 Å². The largest absolute Gasteiger partial charge is 0.456 e. The van der Waals surface area contributed by atoms with Crippen LogP contribution in [0.15, 0.2) is 148 Å². The van der Waals surface area contributed by atoms with Crippen LogP contribution in [-0.4, -0.2) is 0 Å². The van der Waals surface area contributed by atoms with E-state index < -0.39 is 5.54 Å². The Kier molecular flexibility index (Phi) is 6.77. The minimum absolute atomic E-state index is 0.0300. The van der Waals surface area contributed by atoms with E-state index in [4.69, 9.17) is 8.83 Å². The van der Waals surface area contributed by atoms with Crippen molar-refractivity contribution in [1.29, 1.82) is 0 Å². The maximum atomic E-state index is 6.86. The van der Waals surface area contributed by atoms with Crippen molar-refractivity contribution in [2.45, 2.75) is 77.2 Å². The highest BCUT2D eigenvalue weighted by atomic mass is 16.3. The molecule has 1 atom stereocenters. The molecule has 0 radical (unpaired) electrons. The molecule has 0 saturated heterocycles. The van der Waals surface area contributed by atoms with Gasteiger partial charge in [0, 0.05) is 32.8 Å². The minimum atomic E-state index is -0.772. The quantitative estimate of drug-likeness (QED) is 0.181. The molecule has 0 amide bonds. The van der Waals surface area contributed by atoms with E-state index in [9.17, 15) is 0 Å². The highest BCUT2D eigenvalue weighted by molar-refractivity contribution is 6.18. The van der Waals surface area contributed by atoms with Gasteiger partial charge in [-0.3, -0.25) is 0 Å². The smallest absolute Gasteiger partial charge is 0.139 e. The van der Waals surface area contributed by atoms with Crippen molar-refractivity contribution in [1.82, 2.24) is 0 Å². The van der Waals surface area contributed by atoms with Gasteiger partial charge in [-0.2, -0.15) is 0 Å². The Balaban J connectivity index is 1.28. The number of benzene rings is 7. The molecule has 3 nitrogen and oxygen atoms in total. The molecule has 0 spiro atoms. The summed E-state index contributed by atoms with van der Waals surface area (Å²) >= 11 is 0. The maximum absolute atomic E-state index is 6.86. The molecule has 1 aliphatic heterocycles. The Morgan fingerprint density at radius 1 is 0.491 bits per heavy atom. The minimum Gasteiger partial charge on any atom is -0.456 e. The molecule has 0 saturated carbocycles. The van der Waals surface area contributed by atoms with E-state index in [-0.39, 0.29) is 16.2 Å². The molecule has 0 N–H and O–H groups in total. The van der Waals surface area contributed by atoms with Crippen LogP contribution in [0.4, 0.5) is 11.4 Å². The molecule has 280 valence electrons. The summed E-state index contributed by atoms with van der Waals surface area (Å²) in [7, 11) is 0. The summed E-state index contributed by atoms with van der Waals surface area (Å²) in [5, 5.41) is 4.60. The molecular weight excluding hydrogens is 695 g/mol. The highest BCUT2D eigenvalue weighted by Crippen LogP contribution is 2.59. The molecule has 0 fully saturated rings. The number of furan rings is 2. The standard InChI is InChI=1S/C54H47NO2/c1-51(2,3)34-28-39-38-31-35(25-27-45(38)57-50(39)43(30-34)52(4,5)6)55-44-21-15-23-47-49(44)48-41(20-14-22-46(48)56-47)54(55,32-16-10-9-11-17-32)33-24-26-37-36-18-12-13-19-40(36)53(7,8)42(37)29-33/h9-31H,1-8H3. The Labute approximate surface area is 334 Å². The van der Waals surface area contributed by atoms with Crippen molar-refractivity contribution in [3.05, 3.63) is 178 Å². The summed E-state index contributed by atoms with van der Waals surface area (Å²) in [5.74, 6) is 0. The lowest BCUT2D eigenvalue weighted by Crippen LogP contribution is -2.47. The number of hydrogen-bond acceptors (Lipinski definition) is 3. The van der Waals surface area contributed by atoms with Crippen molar-refractivity contribution in [3.63, 3.8) is 0 Å².